The first-order valence-corrected chi connectivity index (χ1v) is 7.85. The van der Waals surface area contributed by atoms with Gasteiger partial charge in [0.2, 0.25) is 0 Å². The van der Waals surface area contributed by atoms with Crippen LogP contribution < -0.4 is 4.72 Å². The zero-order chi connectivity index (χ0) is 15.6. The molecule has 2 N–H and O–H groups in total. The molecule has 0 saturated heterocycles. The van der Waals surface area contributed by atoms with E-state index in [0.717, 1.165) is 12.1 Å². The Balaban J connectivity index is 2.52. The molecule has 0 fully saturated rings. The van der Waals surface area contributed by atoms with E-state index in [1.165, 1.54) is 0 Å². The minimum absolute atomic E-state index is 0.148. The Morgan fingerprint density at radius 2 is 1.71 bits per heavy atom. The second kappa shape index (κ2) is 5.93. The highest BCUT2D eigenvalue weighted by molar-refractivity contribution is 7.92. The summed E-state index contributed by atoms with van der Waals surface area (Å²) >= 11 is 11.7. The van der Waals surface area contributed by atoms with E-state index in [9.17, 15) is 13.2 Å². The second-order valence-electron chi connectivity index (χ2n) is 4.05. The van der Waals surface area contributed by atoms with Crippen LogP contribution in [0.1, 0.15) is 10.4 Å². The van der Waals surface area contributed by atoms with Crippen molar-refractivity contribution in [2.24, 2.45) is 0 Å². The maximum Gasteiger partial charge on any atom is 0.335 e. The van der Waals surface area contributed by atoms with Crippen molar-refractivity contribution in [3.05, 3.63) is 58.1 Å². The van der Waals surface area contributed by atoms with Gasteiger partial charge in [-0.3, -0.25) is 4.72 Å². The number of sulfonamides is 1. The lowest BCUT2D eigenvalue weighted by atomic mass is 10.2. The van der Waals surface area contributed by atoms with Gasteiger partial charge in [0.15, 0.2) is 0 Å². The number of carboxylic acid groups (broad SMARTS) is 1. The summed E-state index contributed by atoms with van der Waals surface area (Å²) in [5.41, 5.74) is 0.0586. The molecule has 0 aromatic heterocycles. The Bertz CT molecular complexity index is 791. The number of rotatable bonds is 4. The molecule has 0 radical (unpaired) electrons. The fourth-order valence-corrected chi connectivity index (χ4v) is 3.47. The fraction of sp³-hybridized carbons (Fsp3) is 0. The minimum atomic E-state index is -4.05. The molecule has 8 heteroatoms. The third-order valence-electron chi connectivity index (χ3n) is 2.56. The number of benzene rings is 2. The summed E-state index contributed by atoms with van der Waals surface area (Å²) in [4.78, 5) is 10.6. The lowest BCUT2D eigenvalue weighted by Crippen LogP contribution is -2.14. The first-order valence-electron chi connectivity index (χ1n) is 5.61. The maximum absolute atomic E-state index is 12.3. The van der Waals surface area contributed by atoms with E-state index < -0.39 is 20.9 Å². The van der Waals surface area contributed by atoms with Crippen molar-refractivity contribution < 1.29 is 18.3 Å². The summed E-state index contributed by atoms with van der Waals surface area (Å²) < 4.78 is 26.9. The summed E-state index contributed by atoms with van der Waals surface area (Å²) in [6, 6.07) is 10.2. The van der Waals surface area contributed by atoms with Crippen LogP contribution in [0.3, 0.4) is 0 Å². The third-order valence-corrected chi connectivity index (χ3v) is 4.88. The van der Waals surface area contributed by atoms with Crippen molar-refractivity contribution in [1.82, 2.24) is 0 Å². The van der Waals surface area contributed by atoms with Crippen LogP contribution in [-0.2, 0) is 10.0 Å². The highest BCUT2D eigenvalue weighted by Crippen LogP contribution is 2.32. The average molecular weight is 346 g/mol. The Morgan fingerprint density at radius 1 is 1.10 bits per heavy atom. The Hall–Kier alpha value is -1.76. The van der Waals surface area contributed by atoms with Gasteiger partial charge in [0.1, 0.15) is 4.90 Å². The number of carbonyl (C=O) groups is 1. The SMILES string of the molecule is O=C(O)c1cc(Cl)c(Cl)c(S(=O)(=O)Nc2ccccc2)c1. The van der Waals surface area contributed by atoms with Gasteiger partial charge in [0.25, 0.3) is 10.0 Å². The van der Waals surface area contributed by atoms with Gasteiger partial charge in [0, 0.05) is 5.69 Å². The molecule has 0 bridgehead atoms. The molecule has 110 valence electrons. The number of carboxylic acids is 1. The number of aromatic carboxylic acids is 1. The predicted molar refractivity (Wildman–Crippen MR) is 80.7 cm³/mol. The summed E-state index contributed by atoms with van der Waals surface area (Å²) in [6.07, 6.45) is 0. The third kappa shape index (κ3) is 3.47. The molecule has 0 spiro atoms. The van der Waals surface area contributed by atoms with Gasteiger partial charge in [-0.2, -0.15) is 0 Å². The Kier molecular flexibility index (Phi) is 4.41. The molecule has 0 saturated carbocycles. The molecule has 0 aliphatic rings. The largest absolute Gasteiger partial charge is 0.478 e. The number of hydrogen-bond donors (Lipinski definition) is 2. The molecule has 0 atom stereocenters. The standard InChI is InChI=1S/C13H9Cl2NO4S/c14-10-6-8(13(17)18)7-11(12(10)15)21(19,20)16-9-4-2-1-3-5-9/h1-7,16H,(H,17,18). The molecule has 2 rings (SSSR count). The van der Waals surface area contributed by atoms with Crippen LogP contribution in [0.5, 0.6) is 0 Å². The summed E-state index contributed by atoms with van der Waals surface area (Å²) in [6.45, 7) is 0. The molecule has 0 aliphatic heterocycles. The van der Waals surface area contributed by atoms with Gasteiger partial charge in [-0.25, -0.2) is 13.2 Å². The molecular formula is C13H9Cl2NO4S. The van der Waals surface area contributed by atoms with Gasteiger partial charge in [0.05, 0.1) is 15.6 Å². The van der Waals surface area contributed by atoms with Gasteiger partial charge >= 0.3 is 5.97 Å². The van der Waals surface area contributed by atoms with Crippen molar-refractivity contribution in [1.29, 1.82) is 0 Å². The lowest BCUT2D eigenvalue weighted by molar-refractivity contribution is 0.0696. The molecular weight excluding hydrogens is 337 g/mol. The summed E-state index contributed by atoms with van der Waals surface area (Å²) in [7, 11) is -4.05. The molecule has 21 heavy (non-hydrogen) atoms. The normalized spacial score (nSPS) is 11.1. The second-order valence-corrected chi connectivity index (χ2v) is 6.48. The van der Waals surface area contributed by atoms with Gasteiger partial charge in [-0.1, -0.05) is 41.4 Å². The van der Waals surface area contributed by atoms with Crippen LogP contribution in [0.2, 0.25) is 10.0 Å². The van der Waals surface area contributed by atoms with E-state index in [1.807, 2.05) is 0 Å². The van der Waals surface area contributed by atoms with Crippen LogP contribution in [0.15, 0.2) is 47.4 Å². The smallest absolute Gasteiger partial charge is 0.335 e. The van der Waals surface area contributed by atoms with Crippen molar-refractivity contribution in [2.45, 2.75) is 4.90 Å². The molecule has 0 unspecified atom stereocenters. The van der Waals surface area contributed by atoms with E-state index in [2.05, 4.69) is 4.72 Å². The fourth-order valence-electron chi connectivity index (χ4n) is 1.60. The average Bonchev–Trinajstić information content (AvgIpc) is 2.41. The minimum Gasteiger partial charge on any atom is -0.478 e. The van der Waals surface area contributed by atoms with E-state index in [-0.39, 0.29) is 15.6 Å². The van der Waals surface area contributed by atoms with Crippen LogP contribution in [0.25, 0.3) is 0 Å². The first kappa shape index (κ1) is 15.6. The number of hydrogen-bond acceptors (Lipinski definition) is 3. The van der Waals surface area contributed by atoms with Crippen molar-refractivity contribution in [3.63, 3.8) is 0 Å². The molecule has 0 amide bonds. The Morgan fingerprint density at radius 3 is 2.29 bits per heavy atom. The number of para-hydroxylation sites is 1. The number of anilines is 1. The van der Waals surface area contributed by atoms with Crippen LogP contribution in [0, 0.1) is 0 Å². The van der Waals surface area contributed by atoms with E-state index in [4.69, 9.17) is 28.3 Å². The maximum atomic E-state index is 12.3. The van der Waals surface area contributed by atoms with Gasteiger partial charge in [-0.05, 0) is 24.3 Å². The van der Waals surface area contributed by atoms with Crippen LogP contribution in [-0.4, -0.2) is 19.5 Å². The predicted octanol–water partition coefficient (Wildman–Crippen LogP) is 3.49. The zero-order valence-corrected chi connectivity index (χ0v) is 12.7. The first-order chi connectivity index (χ1) is 9.81. The molecule has 2 aromatic rings. The number of nitrogens with one attached hydrogen (secondary N) is 1. The molecule has 0 aliphatic carbocycles. The highest BCUT2D eigenvalue weighted by Gasteiger charge is 2.22. The summed E-state index contributed by atoms with van der Waals surface area (Å²) in [5.74, 6) is -1.30. The van der Waals surface area contributed by atoms with E-state index in [0.29, 0.717) is 5.69 Å². The molecule has 0 heterocycles. The van der Waals surface area contributed by atoms with Crippen molar-refractivity contribution >= 4 is 44.9 Å². The van der Waals surface area contributed by atoms with E-state index >= 15 is 0 Å². The van der Waals surface area contributed by atoms with E-state index in [1.54, 1.807) is 30.3 Å². The lowest BCUT2D eigenvalue weighted by Gasteiger charge is -2.11. The highest BCUT2D eigenvalue weighted by atomic mass is 35.5. The van der Waals surface area contributed by atoms with Gasteiger partial charge in [-0.15, -0.1) is 0 Å². The van der Waals surface area contributed by atoms with Gasteiger partial charge < -0.3 is 5.11 Å². The van der Waals surface area contributed by atoms with Crippen molar-refractivity contribution in [2.75, 3.05) is 4.72 Å². The molecule has 5 nitrogen and oxygen atoms in total. The van der Waals surface area contributed by atoms with Crippen molar-refractivity contribution in [3.8, 4) is 0 Å². The topological polar surface area (TPSA) is 83.5 Å². The van der Waals surface area contributed by atoms with Crippen LogP contribution >= 0.6 is 23.2 Å². The summed E-state index contributed by atoms with van der Waals surface area (Å²) in [5, 5.41) is 8.58. The molecule has 2 aromatic carbocycles. The quantitative estimate of drug-likeness (QED) is 0.888. The van der Waals surface area contributed by atoms with Crippen LogP contribution in [0.4, 0.5) is 5.69 Å². The monoisotopic (exact) mass is 345 g/mol. The zero-order valence-electron chi connectivity index (χ0n) is 10.4. The Labute approximate surface area is 131 Å². The number of halogens is 2.